The fourth-order valence-electron chi connectivity index (χ4n) is 2.91. The molecule has 0 bridgehead atoms. The highest BCUT2D eigenvalue weighted by Crippen LogP contribution is 2.25. The van der Waals surface area contributed by atoms with E-state index < -0.39 is 28.8 Å². The Hall–Kier alpha value is -3.23. The van der Waals surface area contributed by atoms with Gasteiger partial charge in [0.05, 0.1) is 11.1 Å². The molecule has 8 nitrogen and oxygen atoms in total. The molecule has 0 saturated carbocycles. The van der Waals surface area contributed by atoms with Crippen molar-refractivity contribution in [2.75, 3.05) is 23.3 Å². The Bertz CT molecular complexity index is 906. The third-order valence-electron chi connectivity index (χ3n) is 4.13. The van der Waals surface area contributed by atoms with Crippen LogP contribution < -0.4 is 15.8 Å². The molecule has 0 aliphatic carbocycles. The predicted molar refractivity (Wildman–Crippen MR) is 93.8 cm³/mol. The van der Waals surface area contributed by atoms with Gasteiger partial charge in [0.2, 0.25) is 5.91 Å². The lowest BCUT2D eigenvalue weighted by Crippen LogP contribution is -2.27. The maximum Gasteiger partial charge on any atom is 0.285 e. The van der Waals surface area contributed by atoms with Gasteiger partial charge in [-0.1, -0.05) is 0 Å². The van der Waals surface area contributed by atoms with Crippen molar-refractivity contribution in [2.45, 2.75) is 19.4 Å². The maximum atomic E-state index is 13.9. The van der Waals surface area contributed by atoms with Gasteiger partial charge in [-0.25, -0.2) is 4.39 Å². The second-order valence-electron chi connectivity index (χ2n) is 6.05. The molecule has 136 valence electrons. The summed E-state index contributed by atoms with van der Waals surface area (Å²) in [6.07, 6.45) is 3.07. The zero-order valence-electron chi connectivity index (χ0n) is 13.9. The fourth-order valence-corrected chi connectivity index (χ4v) is 2.91. The minimum atomic E-state index is -0.650. The molecule has 26 heavy (non-hydrogen) atoms. The van der Waals surface area contributed by atoms with Crippen LogP contribution in [0.4, 0.5) is 21.5 Å². The number of halogens is 1. The van der Waals surface area contributed by atoms with E-state index in [1.54, 1.807) is 6.07 Å². The van der Waals surface area contributed by atoms with Gasteiger partial charge in [0, 0.05) is 36.6 Å². The van der Waals surface area contributed by atoms with Gasteiger partial charge in [0.15, 0.2) is 0 Å². The Morgan fingerprint density at radius 2 is 1.96 bits per heavy atom. The lowest BCUT2D eigenvalue weighted by atomic mass is 10.2. The summed E-state index contributed by atoms with van der Waals surface area (Å²) < 4.78 is 14.8. The SMILES string of the molecule is O=C(Cn1cc([N+](=O)[O-])ccc1=O)Nc1cc(F)cc(N2CCCC2)c1. The molecule has 0 unspecified atom stereocenters. The Balaban J connectivity index is 1.75. The number of anilines is 2. The Labute approximate surface area is 148 Å². The number of amides is 1. The molecule has 9 heteroatoms. The monoisotopic (exact) mass is 360 g/mol. The number of aromatic nitrogens is 1. The Morgan fingerprint density at radius 1 is 1.23 bits per heavy atom. The van der Waals surface area contributed by atoms with E-state index in [-0.39, 0.29) is 11.4 Å². The molecule has 1 aliphatic rings. The molecular formula is C17H17FN4O4. The number of rotatable bonds is 5. The Morgan fingerprint density at radius 3 is 2.65 bits per heavy atom. The third kappa shape index (κ3) is 4.05. The van der Waals surface area contributed by atoms with Crippen molar-refractivity contribution in [1.29, 1.82) is 0 Å². The molecule has 1 aromatic carbocycles. The number of hydrogen-bond donors (Lipinski definition) is 1. The van der Waals surface area contributed by atoms with Crippen LogP contribution in [0.2, 0.25) is 0 Å². The van der Waals surface area contributed by atoms with E-state index in [9.17, 15) is 24.1 Å². The number of benzene rings is 1. The molecule has 1 amide bonds. The van der Waals surface area contributed by atoms with Crippen LogP contribution in [0.15, 0.2) is 41.3 Å². The van der Waals surface area contributed by atoms with Crippen LogP contribution in [0, 0.1) is 15.9 Å². The lowest BCUT2D eigenvalue weighted by Gasteiger charge is -2.19. The number of nitro groups is 1. The summed E-state index contributed by atoms with van der Waals surface area (Å²) in [5.41, 5.74) is 0.128. The second-order valence-corrected chi connectivity index (χ2v) is 6.05. The summed E-state index contributed by atoms with van der Waals surface area (Å²) in [5.74, 6) is -1.05. The predicted octanol–water partition coefficient (Wildman–Crippen LogP) is 2.13. The van der Waals surface area contributed by atoms with Gasteiger partial charge in [0.25, 0.3) is 11.2 Å². The number of nitrogens with one attached hydrogen (secondary N) is 1. The summed E-state index contributed by atoms with van der Waals surface area (Å²) in [6.45, 7) is 1.26. The summed E-state index contributed by atoms with van der Waals surface area (Å²) >= 11 is 0. The molecule has 1 fully saturated rings. The number of carbonyl (C=O) groups excluding carboxylic acids is 1. The molecule has 1 N–H and O–H groups in total. The first-order valence-corrected chi connectivity index (χ1v) is 8.13. The number of hydrogen-bond acceptors (Lipinski definition) is 5. The molecule has 2 heterocycles. The number of carbonyl (C=O) groups is 1. The van der Waals surface area contributed by atoms with Crippen molar-refractivity contribution in [3.05, 3.63) is 62.8 Å². The Kier molecular flexibility index (Phi) is 4.97. The van der Waals surface area contributed by atoms with Crippen LogP contribution in [-0.4, -0.2) is 28.5 Å². The normalized spacial score (nSPS) is 13.7. The standard InChI is InChI=1S/C17H17FN4O4/c18-12-7-13(9-15(8-12)20-5-1-2-6-20)19-16(23)11-21-10-14(22(25)26)3-4-17(21)24/h3-4,7-10H,1-2,5-6,11H2,(H,19,23). The first kappa shape index (κ1) is 17.6. The quantitative estimate of drug-likeness (QED) is 0.651. The molecule has 0 atom stereocenters. The van der Waals surface area contributed by atoms with Crippen LogP contribution in [0.1, 0.15) is 12.8 Å². The molecule has 1 saturated heterocycles. The summed E-state index contributed by atoms with van der Waals surface area (Å²) in [4.78, 5) is 36.1. The highest BCUT2D eigenvalue weighted by molar-refractivity contribution is 5.91. The molecule has 0 radical (unpaired) electrons. The summed E-state index contributed by atoms with van der Waals surface area (Å²) in [7, 11) is 0. The van der Waals surface area contributed by atoms with E-state index >= 15 is 0 Å². The van der Waals surface area contributed by atoms with E-state index in [1.165, 1.54) is 12.1 Å². The molecule has 1 aliphatic heterocycles. The molecular weight excluding hydrogens is 343 g/mol. The van der Waals surface area contributed by atoms with Gasteiger partial charge in [-0.2, -0.15) is 0 Å². The maximum absolute atomic E-state index is 13.9. The first-order valence-electron chi connectivity index (χ1n) is 8.13. The average Bonchev–Trinajstić information content (AvgIpc) is 3.10. The number of pyridine rings is 1. The average molecular weight is 360 g/mol. The molecule has 1 aromatic heterocycles. The fraction of sp³-hybridized carbons (Fsp3) is 0.294. The van der Waals surface area contributed by atoms with Crippen molar-refractivity contribution in [3.8, 4) is 0 Å². The van der Waals surface area contributed by atoms with E-state index in [0.29, 0.717) is 5.69 Å². The van der Waals surface area contributed by atoms with Gasteiger partial charge in [-0.05, 0) is 31.0 Å². The van der Waals surface area contributed by atoms with Crippen molar-refractivity contribution in [1.82, 2.24) is 4.57 Å². The van der Waals surface area contributed by atoms with Gasteiger partial charge >= 0.3 is 0 Å². The smallest absolute Gasteiger partial charge is 0.285 e. The zero-order valence-corrected chi connectivity index (χ0v) is 13.9. The molecule has 2 aromatic rings. The number of nitrogens with zero attached hydrogens (tertiary/aromatic N) is 3. The van der Waals surface area contributed by atoms with Crippen molar-refractivity contribution < 1.29 is 14.1 Å². The topological polar surface area (TPSA) is 97.5 Å². The molecule has 3 rings (SSSR count). The van der Waals surface area contributed by atoms with Gasteiger partial charge in [0.1, 0.15) is 12.4 Å². The lowest BCUT2D eigenvalue weighted by molar-refractivity contribution is -0.385. The minimum Gasteiger partial charge on any atom is -0.371 e. The van der Waals surface area contributed by atoms with Crippen LogP contribution >= 0.6 is 0 Å². The first-order chi connectivity index (χ1) is 12.4. The highest BCUT2D eigenvalue weighted by Gasteiger charge is 2.15. The van der Waals surface area contributed by atoms with Crippen molar-refractivity contribution in [3.63, 3.8) is 0 Å². The van der Waals surface area contributed by atoms with Crippen LogP contribution in [0.3, 0.4) is 0 Å². The van der Waals surface area contributed by atoms with Crippen molar-refractivity contribution in [2.24, 2.45) is 0 Å². The highest BCUT2D eigenvalue weighted by atomic mass is 19.1. The summed E-state index contributed by atoms with van der Waals surface area (Å²) in [5, 5.41) is 13.3. The van der Waals surface area contributed by atoms with E-state index in [4.69, 9.17) is 0 Å². The largest absolute Gasteiger partial charge is 0.371 e. The third-order valence-corrected chi connectivity index (χ3v) is 4.13. The van der Waals surface area contributed by atoms with E-state index in [1.807, 2.05) is 4.90 Å². The van der Waals surface area contributed by atoms with Crippen LogP contribution in [0.5, 0.6) is 0 Å². The van der Waals surface area contributed by atoms with E-state index in [0.717, 1.165) is 48.8 Å². The van der Waals surface area contributed by atoms with Gasteiger partial charge in [-0.3, -0.25) is 24.3 Å². The van der Waals surface area contributed by atoms with Gasteiger partial charge < -0.3 is 10.2 Å². The second kappa shape index (κ2) is 7.34. The minimum absolute atomic E-state index is 0.273. The van der Waals surface area contributed by atoms with Gasteiger partial charge in [-0.15, -0.1) is 0 Å². The van der Waals surface area contributed by atoms with Crippen molar-refractivity contribution >= 4 is 23.0 Å². The molecule has 0 spiro atoms. The zero-order chi connectivity index (χ0) is 18.7. The summed E-state index contributed by atoms with van der Waals surface area (Å²) in [6, 6.07) is 6.37. The van der Waals surface area contributed by atoms with E-state index in [2.05, 4.69) is 5.32 Å². The van der Waals surface area contributed by atoms with Crippen LogP contribution in [-0.2, 0) is 11.3 Å². The van der Waals surface area contributed by atoms with Crippen LogP contribution in [0.25, 0.3) is 0 Å².